The number of pyridine rings is 1. The minimum absolute atomic E-state index is 0.251. The van der Waals surface area contributed by atoms with Crippen molar-refractivity contribution in [2.24, 2.45) is 0 Å². The quantitative estimate of drug-likeness (QED) is 0.732. The molecule has 4 rings (SSSR count). The average Bonchev–Trinajstić information content (AvgIpc) is 2.97. The van der Waals surface area contributed by atoms with Crippen LogP contribution in [0.4, 0.5) is 0 Å². The fraction of sp³-hybridized carbons (Fsp3) is 0.267. The molecule has 3 aromatic rings. The van der Waals surface area contributed by atoms with Crippen LogP contribution in [0.25, 0.3) is 11.4 Å². The van der Waals surface area contributed by atoms with Crippen LogP contribution in [0.1, 0.15) is 29.9 Å². The molecule has 0 amide bonds. The lowest BCUT2D eigenvalue weighted by Crippen LogP contribution is -1.89. The van der Waals surface area contributed by atoms with Gasteiger partial charge in [-0.1, -0.05) is 5.16 Å². The molecule has 1 saturated carbocycles. The average molecular weight is 283 g/mol. The molecule has 21 heavy (non-hydrogen) atoms. The molecule has 1 aliphatic carbocycles. The Morgan fingerprint density at radius 1 is 1.29 bits per heavy atom. The van der Waals surface area contributed by atoms with Crippen LogP contribution in [0.15, 0.2) is 45.7 Å². The van der Waals surface area contributed by atoms with Gasteiger partial charge in [-0.25, -0.2) is 4.98 Å². The smallest absolute Gasteiger partial charge is 0.230 e. The van der Waals surface area contributed by atoms with Gasteiger partial charge in [-0.15, -0.1) is 0 Å². The van der Waals surface area contributed by atoms with Crippen LogP contribution >= 0.6 is 0 Å². The zero-order valence-electron chi connectivity index (χ0n) is 11.4. The van der Waals surface area contributed by atoms with Crippen LogP contribution in [0.2, 0.25) is 0 Å². The molecule has 6 nitrogen and oxygen atoms in total. The summed E-state index contributed by atoms with van der Waals surface area (Å²) < 4.78 is 15.9. The maximum atomic E-state index is 5.42. The molecule has 1 fully saturated rings. The fourth-order valence-corrected chi connectivity index (χ4v) is 2.45. The molecule has 0 radical (unpaired) electrons. The minimum Gasteiger partial charge on any atom is -0.481 e. The second-order valence-electron chi connectivity index (χ2n) is 5.01. The van der Waals surface area contributed by atoms with E-state index in [-0.39, 0.29) is 5.92 Å². The van der Waals surface area contributed by atoms with Crippen molar-refractivity contribution >= 4 is 0 Å². The van der Waals surface area contributed by atoms with Crippen LogP contribution in [0, 0.1) is 0 Å². The van der Waals surface area contributed by atoms with E-state index in [1.165, 1.54) is 0 Å². The van der Waals surface area contributed by atoms with Crippen LogP contribution in [-0.4, -0.2) is 22.2 Å². The third-order valence-electron chi connectivity index (χ3n) is 3.66. The Morgan fingerprint density at radius 3 is 3.05 bits per heavy atom. The van der Waals surface area contributed by atoms with Crippen molar-refractivity contribution in [1.82, 2.24) is 15.1 Å². The molecule has 0 saturated heterocycles. The zero-order valence-corrected chi connectivity index (χ0v) is 11.4. The Kier molecular flexibility index (Phi) is 2.73. The standard InChI is InChI=1S/C15H13N3O3/c1-19-13-7-9(4-5-16-13)14-17-15(21-18-14)11-8-10(11)12-3-2-6-20-12/h2-7,10-11H,8H2,1H3/t10-,11-/m1/s1. The van der Waals surface area contributed by atoms with Crippen LogP contribution in [0.3, 0.4) is 0 Å². The topological polar surface area (TPSA) is 74.2 Å². The summed E-state index contributed by atoms with van der Waals surface area (Å²) in [4.78, 5) is 8.54. The van der Waals surface area contributed by atoms with E-state index in [4.69, 9.17) is 13.7 Å². The monoisotopic (exact) mass is 283 g/mol. The summed E-state index contributed by atoms with van der Waals surface area (Å²) in [6.45, 7) is 0. The van der Waals surface area contributed by atoms with Crippen molar-refractivity contribution in [3.05, 3.63) is 48.4 Å². The summed E-state index contributed by atoms with van der Waals surface area (Å²) in [5.74, 6) is 3.31. The Bertz CT molecular complexity index is 751. The SMILES string of the molecule is COc1cc(-c2noc([C@@H]3C[C@H]3c3ccco3)n2)ccn1. The van der Waals surface area contributed by atoms with Gasteiger partial charge in [0.25, 0.3) is 0 Å². The number of methoxy groups -OCH3 is 1. The van der Waals surface area contributed by atoms with Gasteiger partial charge in [0.1, 0.15) is 5.76 Å². The third-order valence-corrected chi connectivity index (χ3v) is 3.66. The number of hydrogen-bond acceptors (Lipinski definition) is 6. The van der Waals surface area contributed by atoms with E-state index >= 15 is 0 Å². The Hall–Kier alpha value is -2.63. The summed E-state index contributed by atoms with van der Waals surface area (Å²) in [5, 5.41) is 4.04. The summed E-state index contributed by atoms with van der Waals surface area (Å²) in [7, 11) is 1.58. The highest BCUT2D eigenvalue weighted by Crippen LogP contribution is 2.54. The van der Waals surface area contributed by atoms with E-state index in [0.29, 0.717) is 23.5 Å². The molecular weight excluding hydrogens is 270 g/mol. The second kappa shape index (κ2) is 4.73. The lowest BCUT2D eigenvalue weighted by Gasteiger charge is -1.98. The van der Waals surface area contributed by atoms with Crippen molar-refractivity contribution in [1.29, 1.82) is 0 Å². The normalized spacial score (nSPS) is 20.4. The first-order chi connectivity index (χ1) is 10.3. The molecule has 2 atom stereocenters. The third kappa shape index (κ3) is 2.18. The van der Waals surface area contributed by atoms with Gasteiger partial charge in [0.2, 0.25) is 17.6 Å². The van der Waals surface area contributed by atoms with Crippen LogP contribution < -0.4 is 4.74 Å². The molecule has 0 spiro atoms. The maximum absolute atomic E-state index is 5.42. The molecule has 1 aliphatic rings. The molecule has 0 aliphatic heterocycles. The lowest BCUT2D eigenvalue weighted by atomic mass is 10.2. The molecule has 3 aromatic heterocycles. The molecule has 6 heteroatoms. The van der Waals surface area contributed by atoms with E-state index in [1.807, 2.05) is 18.2 Å². The van der Waals surface area contributed by atoms with Crippen molar-refractivity contribution in [2.75, 3.05) is 7.11 Å². The number of rotatable bonds is 4. The first-order valence-electron chi connectivity index (χ1n) is 6.72. The van der Waals surface area contributed by atoms with Crippen molar-refractivity contribution < 1.29 is 13.7 Å². The van der Waals surface area contributed by atoms with Gasteiger partial charge in [-0.05, 0) is 24.6 Å². The van der Waals surface area contributed by atoms with E-state index in [2.05, 4.69) is 15.1 Å². The van der Waals surface area contributed by atoms with Gasteiger partial charge in [-0.3, -0.25) is 0 Å². The molecule has 0 unspecified atom stereocenters. The summed E-state index contributed by atoms with van der Waals surface area (Å²) in [6.07, 6.45) is 4.33. The van der Waals surface area contributed by atoms with E-state index in [9.17, 15) is 0 Å². The van der Waals surface area contributed by atoms with Crippen LogP contribution in [-0.2, 0) is 0 Å². The zero-order chi connectivity index (χ0) is 14.2. The van der Waals surface area contributed by atoms with Gasteiger partial charge >= 0.3 is 0 Å². The largest absolute Gasteiger partial charge is 0.481 e. The van der Waals surface area contributed by atoms with E-state index in [0.717, 1.165) is 17.7 Å². The summed E-state index contributed by atoms with van der Waals surface area (Å²) >= 11 is 0. The van der Waals surface area contributed by atoms with Gasteiger partial charge < -0.3 is 13.7 Å². The highest BCUT2D eigenvalue weighted by atomic mass is 16.5. The summed E-state index contributed by atoms with van der Waals surface area (Å²) in [6, 6.07) is 7.49. The summed E-state index contributed by atoms with van der Waals surface area (Å²) in [5.41, 5.74) is 0.826. The van der Waals surface area contributed by atoms with Gasteiger partial charge in [0.15, 0.2) is 0 Å². The van der Waals surface area contributed by atoms with Crippen molar-refractivity contribution in [3.63, 3.8) is 0 Å². The maximum Gasteiger partial charge on any atom is 0.230 e. The lowest BCUT2D eigenvalue weighted by molar-refractivity contribution is 0.376. The molecule has 0 N–H and O–H groups in total. The first kappa shape index (κ1) is 12.1. The number of nitrogens with zero attached hydrogens (tertiary/aromatic N) is 3. The number of aromatic nitrogens is 3. The minimum atomic E-state index is 0.251. The number of furan rings is 1. The molecular formula is C15H13N3O3. The molecule has 3 heterocycles. The van der Waals surface area contributed by atoms with Gasteiger partial charge in [-0.2, -0.15) is 4.98 Å². The Labute approximate surface area is 120 Å². The predicted octanol–water partition coefficient (Wildman–Crippen LogP) is 3.00. The molecule has 0 aromatic carbocycles. The highest BCUT2D eigenvalue weighted by Gasteiger charge is 2.45. The predicted molar refractivity (Wildman–Crippen MR) is 72.9 cm³/mol. The Balaban J connectivity index is 1.56. The van der Waals surface area contributed by atoms with E-state index < -0.39 is 0 Å². The second-order valence-corrected chi connectivity index (χ2v) is 5.01. The van der Waals surface area contributed by atoms with Gasteiger partial charge in [0, 0.05) is 29.7 Å². The fourth-order valence-electron chi connectivity index (χ4n) is 2.45. The first-order valence-corrected chi connectivity index (χ1v) is 6.72. The number of ether oxygens (including phenoxy) is 1. The van der Waals surface area contributed by atoms with E-state index in [1.54, 1.807) is 25.6 Å². The number of hydrogen-bond donors (Lipinski definition) is 0. The van der Waals surface area contributed by atoms with Crippen molar-refractivity contribution in [3.8, 4) is 17.3 Å². The van der Waals surface area contributed by atoms with Gasteiger partial charge in [0.05, 0.1) is 13.4 Å². The molecule has 0 bridgehead atoms. The van der Waals surface area contributed by atoms with Crippen LogP contribution in [0.5, 0.6) is 5.88 Å². The Morgan fingerprint density at radius 2 is 2.24 bits per heavy atom. The van der Waals surface area contributed by atoms with Crippen molar-refractivity contribution in [2.45, 2.75) is 18.3 Å². The molecule has 106 valence electrons. The highest BCUT2D eigenvalue weighted by molar-refractivity contribution is 5.55.